The highest BCUT2D eigenvalue weighted by Gasteiger charge is 2.82. The monoisotopic (exact) mass is 1020 g/mol. The number of nitrogens with zero attached hydrogens (tertiary/aromatic N) is 2. The summed E-state index contributed by atoms with van der Waals surface area (Å²) in [4.78, 5) is 0. The van der Waals surface area contributed by atoms with E-state index in [1.54, 1.807) is 105 Å². The molecular formula is C51H39F18N2+. The second-order valence-electron chi connectivity index (χ2n) is 16.8. The standard InChI is InChI=1S/C51H39F18N2/c1-3-30(22-24-37-35-18-8-14-33-16-10-20-39(42(33)35)70(37)28-26-44(52,53)46(56,57)48(60,61)50(64,65)66)41(32-12-6-5-7-13-32)31(4-2)23-25-38-36-19-9-15-34-17-11-21-40(43(34)36)71(38)29-27-45(54,55)47(58,59)49(62,63)51(67,68)69/h5-25H,3-4,26-29H2,1-2H3/q+1. The zero-order valence-electron chi connectivity index (χ0n) is 37.1. The van der Waals surface area contributed by atoms with E-state index >= 15 is 17.6 Å². The Labute approximate surface area is 392 Å². The number of aryl methyl sites for hydroxylation is 1. The summed E-state index contributed by atoms with van der Waals surface area (Å²) in [6, 6.07) is 27.3. The largest absolute Gasteiger partial charge is 0.460 e. The molecule has 0 saturated heterocycles. The van der Waals surface area contributed by atoms with Crippen LogP contribution < -0.4 is 5.35 Å². The Hall–Kier alpha value is -6.21. The molecular weight excluding hydrogens is 983 g/mol. The number of benzene rings is 5. The van der Waals surface area contributed by atoms with Crippen molar-refractivity contribution in [2.24, 2.45) is 0 Å². The third kappa shape index (κ3) is 8.86. The average Bonchev–Trinajstić information content (AvgIpc) is 3.79. The van der Waals surface area contributed by atoms with Gasteiger partial charge in [0.2, 0.25) is 11.4 Å². The van der Waals surface area contributed by atoms with E-state index in [0.717, 1.165) is 9.14 Å². The lowest BCUT2D eigenvalue weighted by Crippen LogP contribution is -2.61. The van der Waals surface area contributed by atoms with Crippen molar-refractivity contribution in [1.82, 2.24) is 4.57 Å². The molecule has 0 spiro atoms. The molecule has 1 aliphatic heterocycles. The summed E-state index contributed by atoms with van der Waals surface area (Å²) in [5.74, 6) is -39.6. The lowest BCUT2D eigenvalue weighted by molar-refractivity contribution is -0.452. The fourth-order valence-electron chi connectivity index (χ4n) is 8.84. The summed E-state index contributed by atoms with van der Waals surface area (Å²) in [5.41, 5.74) is 2.92. The van der Waals surface area contributed by atoms with Crippen molar-refractivity contribution in [3.8, 4) is 0 Å². The lowest BCUT2D eigenvalue weighted by Gasteiger charge is -2.33. The van der Waals surface area contributed by atoms with Crippen molar-refractivity contribution in [3.05, 3.63) is 149 Å². The van der Waals surface area contributed by atoms with Gasteiger partial charge in [0.05, 0.1) is 17.4 Å². The van der Waals surface area contributed by atoms with Crippen molar-refractivity contribution < 1.29 is 83.6 Å². The Balaban J connectivity index is 1.37. The van der Waals surface area contributed by atoms with Crippen LogP contribution in [0.3, 0.4) is 0 Å². The van der Waals surface area contributed by atoms with Crippen molar-refractivity contribution in [3.63, 3.8) is 0 Å². The van der Waals surface area contributed by atoms with E-state index in [9.17, 15) is 61.5 Å². The summed E-state index contributed by atoms with van der Waals surface area (Å²) < 4.78 is 254. The first-order valence-electron chi connectivity index (χ1n) is 21.7. The molecule has 2 nitrogen and oxygen atoms in total. The maximum atomic E-state index is 15.1. The van der Waals surface area contributed by atoms with Crippen LogP contribution in [-0.4, -0.2) is 69.3 Å². The van der Waals surface area contributed by atoms with Crippen LogP contribution in [0.25, 0.3) is 44.1 Å². The molecule has 0 amide bonds. The molecule has 0 atom stereocenters. The van der Waals surface area contributed by atoms with E-state index in [4.69, 9.17) is 0 Å². The van der Waals surface area contributed by atoms with E-state index in [2.05, 4.69) is 0 Å². The summed E-state index contributed by atoms with van der Waals surface area (Å²) in [7, 11) is 0. The van der Waals surface area contributed by atoms with Crippen LogP contribution in [0.2, 0.25) is 0 Å². The minimum absolute atomic E-state index is 0.0869. The number of aromatic nitrogens is 1. The molecule has 2 heterocycles. The molecule has 0 N–H and O–H groups in total. The molecule has 1 aliphatic rings. The molecule has 0 aliphatic carbocycles. The number of halogens is 18. The zero-order chi connectivity index (χ0) is 52.3. The maximum absolute atomic E-state index is 15.1. The molecule has 5 aromatic carbocycles. The van der Waals surface area contributed by atoms with E-state index in [1.165, 1.54) is 36.4 Å². The van der Waals surface area contributed by atoms with Gasteiger partial charge in [0.25, 0.3) is 0 Å². The van der Waals surface area contributed by atoms with Crippen LogP contribution in [-0.2, 0) is 6.54 Å². The maximum Gasteiger partial charge on any atom is 0.460 e. The Kier molecular flexibility index (Phi) is 13.7. The van der Waals surface area contributed by atoms with Gasteiger partial charge in [-0.3, -0.25) is 0 Å². The Morgan fingerprint density at radius 3 is 1.65 bits per heavy atom. The predicted molar refractivity (Wildman–Crippen MR) is 234 cm³/mol. The zero-order valence-corrected chi connectivity index (χ0v) is 37.1. The topological polar surface area (TPSA) is 7.94 Å². The van der Waals surface area contributed by atoms with Gasteiger partial charge < -0.3 is 4.57 Å². The number of allylic oxidation sites excluding steroid dienone is 6. The second-order valence-corrected chi connectivity index (χ2v) is 16.8. The van der Waals surface area contributed by atoms with Crippen molar-refractivity contribution >= 4 is 55.5 Å². The minimum atomic E-state index is -7.08. The summed E-state index contributed by atoms with van der Waals surface area (Å²) in [6.07, 6.45) is -11.9. The van der Waals surface area contributed by atoms with Crippen molar-refractivity contribution in [2.45, 2.75) is 94.0 Å². The molecule has 7 rings (SSSR count). The molecule has 1 aromatic heterocycles. The van der Waals surface area contributed by atoms with E-state index < -0.39 is 73.8 Å². The normalized spacial score (nSPS) is 15.7. The molecule has 0 unspecified atom stereocenters. The number of hydrogen-bond acceptors (Lipinski definition) is 0. The van der Waals surface area contributed by atoms with Crippen LogP contribution in [0.4, 0.5) is 84.7 Å². The number of alkyl halides is 18. The van der Waals surface area contributed by atoms with Gasteiger partial charge in [0.15, 0.2) is 6.54 Å². The van der Waals surface area contributed by atoms with E-state index in [1.807, 2.05) is 0 Å². The molecule has 0 saturated carbocycles. The fraction of sp³-hybridized carbons (Fsp3) is 0.314. The second kappa shape index (κ2) is 18.4. The van der Waals surface area contributed by atoms with Gasteiger partial charge in [-0.1, -0.05) is 111 Å². The Morgan fingerprint density at radius 2 is 1.08 bits per heavy atom. The van der Waals surface area contributed by atoms with Gasteiger partial charge in [-0.2, -0.15) is 83.6 Å². The van der Waals surface area contributed by atoms with Crippen LogP contribution >= 0.6 is 0 Å². The molecule has 20 heteroatoms. The third-order valence-corrected chi connectivity index (χ3v) is 12.6. The van der Waals surface area contributed by atoms with Gasteiger partial charge in [-0.25, -0.2) is 0 Å². The smallest absolute Gasteiger partial charge is 0.340 e. The van der Waals surface area contributed by atoms with Crippen LogP contribution in [0.1, 0.15) is 50.7 Å². The van der Waals surface area contributed by atoms with Gasteiger partial charge in [-0.15, -0.1) is 0 Å². The average molecular weight is 1020 g/mol. The highest BCUT2D eigenvalue weighted by molar-refractivity contribution is 6.19. The molecule has 0 radical (unpaired) electrons. The van der Waals surface area contributed by atoms with E-state index in [-0.39, 0.29) is 35.1 Å². The number of hydrogen-bond donors (Lipinski definition) is 0. The van der Waals surface area contributed by atoms with Gasteiger partial charge in [0.1, 0.15) is 0 Å². The van der Waals surface area contributed by atoms with Crippen LogP contribution in [0.15, 0.2) is 133 Å². The van der Waals surface area contributed by atoms with Crippen molar-refractivity contribution in [1.29, 1.82) is 0 Å². The summed E-state index contributed by atoms with van der Waals surface area (Å²) in [5, 5.41) is 2.42. The minimum Gasteiger partial charge on any atom is -0.340 e. The molecule has 71 heavy (non-hydrogen) atoms. The molecule has 6 aromatic rings. The first kappa shape index (κ1) is 52.6. The quantitative estimate of drug-likeness (QED) is 0.0489. The first-order chi connectivity index (χ1) is 33.0. The van der Waals surface area contributed by atoms with Crippen molar-refractivity contribution in [2.75, 3.05) is 6.54 Å². The lowest BCUT2D eigenvalue weighted by atomic mass is 9.89. The molecule has 0 bridgehead atoms. The summed E-state index contributed by atoms with van der Waals surface area (Å²) >= 11 is 0. The predicted octanol–water partition coefficient (Wildman–Crippen LogP) is 16.1. The van der Waals surface area contributed by atoms with Gasteiger partial charge >= 0.3 is 47.9 Å². The first-order valence-corrected chi connectivity index (χ1v) is 21.7. The molecule has 378 valence electrons. The molecule has 0 fully saturated rings. The summed E-state index contributed by atoms with van der Waals surface area (Å²) in [6.45, 7) is 1.15. The highest BCUT2D eigenvalue weighted by atomic mass is 19.4. The fourth-order valence-corrected chi connectivity index (χ4v) is 8.84. The highest BCUT2D eigenvalue weighted by Crippen LogP contribution is 2.56. The van der Waals surface area contributed by atoms with E-state index in [0.29, 0.717) is 54.8 Å². The van der Waals surface area contributed by atoms with Gasteiger partial charge in [0, 0.05) is 46.7 Å². The SMILES string of the molecule is CCC(=CC=c1c2cccc3cccc(c32)n1CCC(F)(F)C(F)(F)C(F)(F)C(F)(F)F)C(=C(C=CC1=[N+](CCC(F)(F)C(F)(F)C(F)(F)C(F)(F)F)c2cccc3cccc1c23)CC)c1ccccc1. The number of rotatable bonds is 17. The Bertz CT molecular complexity index is 3140. The van der Waals surface area contributed by atoms with Crippen LogP contribution in [0.5, 0.6) is 0 Å². The third-order valence-electron chi connectivity index (χ3n) is 12.6. The van der Waals surface area contributed by atoms with Crippen LogP contribution in [0, 0.1) is 0 Å². The Morgan fingerprint density at radius 1 is 0.549 bits per heavy atom. The van der Waals surface area contributed by atoms with Gasteiger partial charge in [-0.05, 0) is 64.1 Å².